The lowest BCUT2D eigenvalue weighted by Gasteiger charge is -2.14. The third-order valence-electron chi connectivity index (χ3n) is 4.93. The monoisotopic (exact) mass is 439 g/mol. The number of para-hydroxylation sites is 1. The van der Waals surface area contributed by atoms with Crippen molar-refractivity contribution in [3.8, 4) is 5.75 Å². The van der Waals surface area contributed by atoms with Crippen LogP contribution in [-0.2, 0) is 17.1 Å². The standard InChI is InChI=1S/C23H25N3O4S/c1-30-20-11-10-16(14-27)13-17(20)15-31-23-25-19-8-5-4-7-18(19)22(29)26(23)12-6-2-3-9-21(24)28/h4-5,7-8,10-11,13-14H,2-3,6,9,12,15H2,1H3,(H2,24,28). The number of rotatable bonds is 11. The molecule has 0 spiro atoms. The Labute approximate surface area is 184 Å². The van der Waals surface area contributed by atoms with E-state index >= 15 is 0 Å². The number of carbonyl (C=O) groups is 2. The van der Waals surface area contributed by atoms with Crippen molar-refractivity contribution in [2.24, 2.45) is 5.73 Å². The normalized spacial score (nSPS) is 10.9. The van der Waals surface area contributed by atoms with Crippen LogP contribution in [0.2, 0.25) is 0 Å². The van der Waals surface area contributed by atoms with E-state index in [0.29, 0.717) is 52.5 Å². The predicted molar refractivity (Wildman–Crippen MR) is 122 cm³/mol. The number of benzene rings is 2. The van der Waals surface area contributed by atoms with E-state index in [9.17, 15) is 14.4 Å². The summed E-state index contributed by atoms with van der Waals surface area (Å²) in [5.41, 5.74) is 7.17. The number of thioether (sulfide) groups is 1. The molecule has 0 aliphatic heterocycles. The fourth-order valence-electron chi connectivity index (χ4n) is 3.33. The summed E-state index contributed by atoms with van der Waals surface area (Å²) >= 11 is 1.43. The first-order chi connectivity index (χ1) is 15.0. The zero-order valence-electron chi connectivity index (χ0n) is 17.4. The summed E-state index contributed by atoms with van der Waals surface area (Å²) in [6, 6.07) is 12.5. The average molecular weight is 440 g/mol. The van der Waals surface area contributed by atoms with Crippen LogP contribution < -0.4 is 16.0 Å². The summed E-state index contributed by atoms with van der Waals surface area (Å²) in [7, 11) is 1.58. The molecule has 1 amide bonds. The second kappa shape index (κ2) is 10.8. The molecule has 0 aliphatic carbocycles. The molecule has 7 nitrogen and oxygen atoms in total. The smallest absolute Gasteiger partial charge is 0.262 e. The van der Waals surface area contributed by atoms with Crippen LogP contribution in [0.15, 0.2) is 52.4 Å². The largest absolute Gasteiger partial charge is 0.496 e. The molecule has 0 atom stereocenters. The molecule has 3 rings (SSSR count). The first-order valence-corrected chi connectivity index (χ1v) is 11.0. The Kier molecular flexibility index (Phi) is 7.83. The van der Waals surface area contributed by atoms with Gasteiger partial charge in [0.25, 0.3) is 5.56 Å². The summed E-state index contributed by atoms with van der Waals surface area (Å²) in [6.45, 7) is 0.503. The molecule has 0 saturated carbocycles. The molecule has 1 aromatic heterocycles. The molecule has 8 heteroatoms. The van der Waals surface area contributed by atoms with Crippen LogP contribution >= 0.6 is 11.8 Å². The van der Waals surface area contributed by atoms with Crippen molar-refractivity contribution in [2.45, 2.75) is 43.1 Å². The number of aldehydes is 1. The number of methoxy groups -OCH3 is 1. The van der Waals surface area contributed by atoms with Gasteiger partial charge < -0.3 is 10.5 Å². The number of hydrogen-bond acceptors (Lipinski definition) is 6. The van der Waals surface area contributed by atoms with Gasteiger partial charge in [-0.2, -0.15) is 0 Å². The number of ether oxygens (including phenoxy) is 1. The number of aromatic nitrogens is 2. The summed E-state index contributed by atoms with van der Waals surface area (Å²) in [5, 5.41) is 1.18. The van der Waals surface area contributed by atoms with E-state index in [1.807, 2.05) is 18.2 Å². The number of unbranched alkanes of at least 4 members (excludes halogenated alkanes) is 2. The Hall–Kier alpha value is -3.13. The molecule has 0 aliphatic rings. The Morgan fingerprint density at radius 2 is 2.00 bits per heavy atom. The summed E-state index contributed by atoms with van der Waals surface area (Å²) in [4.78, 5) is 39.9. The van der Waals surface area contributed by atoms with E-state index in [2.05, 4.69) is 0 Å². The number of fused-ring (bicyclic) bond motifs is 1. The van der Waals surface area contributed by atoms with Crippen LogP contribution in [0.5, 0.6) is 5.75 Å². The summed E-state index contributed by atoms with van der Waals surface area (Å²) in [6.07, 6.45) is 3.37. The number of amides is 1. The van der Waals surface area contributed by atoms with Gasteiger partial charge in [0.2, 0.25) is 5.91 Å². The zero-order chi connectivity index (χ0) is 22.2. The highest BCUT2D eigenvalue weighted by Crippen LogP contribution is 2.28. The van der Waals surface area contributed by atoms with E-state index in [4.69, 9.17) is 15.5 Å². The molecule has 3 aromatic rings. The maximum Gasteiger partial charge on any atom is 0.262 e. The van der Waals surface area contributed by atoms with Gasteiger partial charge in [-0.25, -0.2) is 4.98 Å². The Balaban J connectivity index is 1.87. The van der Waals surface area contributed by atoms with Gasteiger partial charge in [-0.15, -0.1) is 0 Å². The molecule has 2 aromatic carbocycles. The molecule has 162 valence electrons. The van der Waals surface area contributed by atoms with Crippen molar-refractivity contribution in [1.29, 1.82) is 0 Å². The minimum Gasteiger partial charge on any atom is -0.496 e. The maximum atomic E-state index is 13.1. The first kappa shape index (κ1) is 22.6. The Bertz CT molecular complexity index is 1140. The zero-order valence-corrected chi connectivity index (χ0v) is 18.2. The van der Waals surface area contributed by atoms with Crippen LogP contribution in [0.1, 0.15) is 41.6 Å². The van der Waals surface area contributed by atoms with E-state index in [0.717, 1.165) is 24.7 Å². The third-order valence-corrected chi connectivity index (χ3v) is 5.95. The predicted octanol–water partition coefficient (Wildman–Crippen LogP) is 3.56. The van der Waals surface area contributed by atoms with Gasteiger partial charge in [0.05, 0.1) is 18.0 Å². The van der Waals surface area contributed by atoms with Crippen molar-refractivity contribution in [3.63, 3.8) is 0 Å². The minimum atomic E-state index is -0.313. The van der Waals surface area contributed by atoms with Crippen LogP contribution in [0.25, 0.3) is 10.9 Å². The highest BCUT2D eigenvalue weighted by atomic mass is 32.2. The van der Waals surface area contributed by atoms with Crippen LogP contribution in [0.3, 0.4) is 0 Å². The lowest BCUT2D eigenvalue weighted by atomic mass is 10.1. The van der Waals surface area contributed by atoms with Gasteiger partial charge in [-0.3, -0.25) is 19.0 Å². The SMILES string of the molecule is COc1ccc(C=O)cc1CSc1nc2ccccc2c(=O)n1CCCCCC(N)=O. The summed E-state index contributed by atoms with van der Waals surface area (Å²) in [5.74, 6) is 0.864. The third kappa shape index (κ3) is 5.73. The molecular formula is C23H25N3O4S. The molecule has 2 N–H and O–H groups in total. The molecule has 0 bridgehead atoms. The summed E-state index contributed by atoms with van der Waals surface area (Å²) < 4.78 is 7.10. The topological polar surface area (TPSA) is 104 Å². The number of primary amides is 1. The Morgan fingerprint density at radius 1 is 1.19 bits per heavy atom. The number of hydrogen-bond donors (Lipinski definition) is 1. The van der Waals surface area contributed by atoms with Crippen LogP contribution in [0.4, 0.5) is 0 Å². The first-order valence-electron chi connectivity index (χ1n) is 10.1. The second-order valence-corrected chi connectivity index (χ2v) is 8.07. The second-order valence-electron chi connectivity index (χ2n) is 7.12. The van der Waals surface area contributed by atoms with Gasteiger partial charge in [-0.05, 0) is 43.2 Å². The van der Waals surface area contributed by atoms with Crippen LogP contribution in [0, 0.1) is 0 Å². The number of carbonyl (C=O) groups excluding carboxylic acids is 2. The lowest BCUT2D eigenvalue weighted by molar-refractivity contribution is -0.118. The van der Waals surface area contributed by atoms with E-state index in [1.54, 1.807) is 35.9 Å². The van der Waals surface area contributed by atoms with Gasteiger partial charge in [0.15, 0.2) is 5.16 Å². The van der Waals surface area contributed by atoms with E-state index < -0.39 is 0 Å². The van der Waals surface area contributed by atoms with Crippen molar-refractivity contribution in [1.82, 2.24) is 9.55 Å². The van der Waals surface area contributed by atoms with Crippen molar-refractivity contribution < 1.29 is 14.3 Å². The number of nitrogens with zero attached hydrogens (tertiary/aromatic N) is 2. The van der Waals surface area contributed by atoms with E-state index in [-0.39, 0.29) is 11.5 Å². The van der Waals surface area contributed by atoms with Gasteiger partial charge in [-0.1, -0.05) is 30.3 Å². The van der Waals surface area contributed by atoms with E-state index in [1.165, 1.54) is 11.8 Å². The fourth-order valence-corrected chi connectivity index (χ4v) is 4.33. The molecule has 1 heterocycles. The molecule has 0 saturated heterocycles. The molecule has 0 fully saturated rings. The quantitative estimate of drug-likeness (QED) is 0.212. The fraction of sp³-hybridized carbons (Fsp3) is 0.304. The number of nitrogens with two attached hydrogens (primary N) is 1. The molecule has 0 unspecified atom stereocenters. The van der Waals surface area contributed by atoms with Gasteiger partial charge in [0.1, 0.15) is 12.0 Å². The molecular weight excluding hydrogens is 414 g/mol. The highest BCUT2D eigenvalue weighted by molar-refractivity contribution is 7.98. The Morgan fingerprint density at radius 3 is 2.74 bits per heavy atom. The van der Waals surface area contributed by atoms with Gasteiger partial charge >= 0.3 is 0 Å². The average Bonchev–Trinajstić information content (AvgIpc) is 2.78. The van der Waals surface area contributed by atoms with Crippen molar-refractivity contribution in [3.05, 3.63) is 63.9 Å². The maximum absolute atomic E-state index is 13.1. The minimum absolute atomic E-state index is 0.0865. The molecule has 0 radical (unpaired) electrons. The van der Waals surface area contributed by atoms with Crippen molar-refractivity contribution >= 4 is 34.9 Å². The van der Waals surface area contributed by atoms with Crippen LogP contribution in [-0.4, -0.2) is 28.9 Å². The highest BCUT2D eigenvalue weighted by Gasteiger charge is 2.13. The van der Waals surface area contributed by atoms with Gasteiger partial charge in [0, 0.05) is 29.8 Å². The lowest BCUT2D eigenvalue weighted by Crippen LogP contribution is -2.23. The van der Waals surface area contributed by atoms with Crippen molar-refractivity contribution in [2.75, 3.05) is 7.11 Å². The molecule has 31 heavy (non-hydrogen) atoms.